The summed E-state index contributed by atoms with van der Waals surface area (Å²) in [5.41, 5.74) is 0. The fraction of sp³-hybridized carbons (Fsp3) is 0.167. The number of hydrogen-bond acceptors (Lipinski definition) is 1. The molecule has 2 rings (SSSR count). The molecule has 0 radical (unpaired) electrons. The van der Waals surface area contributed by atoms with Crippen LogP contribution in [0.3, 0.4) is 0 Å². The molecular weight excluding hydrogens is 196 g/mol. The van der Waals surface area contributed by atoms with Crippen LogP contribution in [0.15, 0.2) is 48.3 Å². The van der Waals surface area contributed by atoms with Crippen molar-refractivity contribution in [2.24, 2.45) is 0 Å². The lowest BCUT2D eigenvalue weighted by Crippen LogP contribution is -1.94. The van der Waals surface area contributed by atoms with Crippen LogP contribution in [0.4, 0.5) is 0 Å². The second-order valence-electron chi connectivity index (χ2n) is 3.14. The Kier molecular flexibility index (Phi) is 2.90. The number of halogens is 1. The molecule has 2 heteroatoms. The molecule has 0 aliphatic heterocycles. The minimum Gasteiger partial charge on any atom is -0.458 e. The molecule has 0 atom stereocenters. The predicted octanol–water partition coefficient (Wildman–Crippen LogP) is 3.95. The maximum absolute atomic E-state index is 5.77. The van der Waals surface area contributed by atoms with E-state index in [1.165, 1.54) is 0 Å². The Labute approximate surface area is 88.7 Å². The first kappa shape index (κ1) is 9.35. The minimum absolute atomic E-state index is 0.727. The van der Waals surface area contributed by atoms with Crippen molar-refractivity contribution in [2.75, 3.05) is 0 Å². The lowest BCUT2D eigenvalue weighted by Gasteiger charge is -2.08. The molecule has 0 fully saturated rings. The van der Waals surface area contributed by atoms with Crippen LogP contribution in [-0.4, -0.2) is 0 Å². The van der Waals surface area contributed by atoms with Gasteiger partial charge in [-0.25, -0.2) is 0 Å². The van der Waals surface area contributed by atoms with Gasteiger partial charge in [-0.05, 0) is 49.3 Å². The molecule has 1 aromatic rings. The van der Waals surface area contributed by atoms with E-state index < -0.39 is 0 Å². The summed E-state index contributed by atoms with van der Waals surface area (Å²) >= 11 is 5.77. The third-order valence-electron chi connectivity index (χ3n) is 2.01. The zero-order valence-electron chi connectivity index (χ0n) is 7.74. The highest BCUT2D eigenvalue weighted by Crippen LogP contribution is 2.20. The van der Waals surface area contributed by atoms with Crippen molar-refractivity contribution in [1.82, 2.24) is 0 Å². The lowest BCUT2D eigenvalue weighted by atomic mass is 10.2. The Balaban J connectivity index is 2.07. The summed E-state index contributed by atoms with van der Waals surface area (Å²) in [4.78, 5) is 0. The zero-order chi connectivity index (χ0) is 9.80. The van der Waals surface area contributed by atoms with Crippen LogP contribution in [0, 0.1) is 0 Å². The maximum atomic E-state index is 5.77. The summed E-state index contributed by atoms with van der Waals surface area (Å²) in [6.45, 7) is 0. The number of hydrogen-bond donors (Lipinski definition) is 0. The van der Waals surface area contributed by atoms with E-state index in [1.807, 2.05) is 30.3 Å². The monoisotopic (exact) mass is 206 g/mol. The van der Waals surface area contributed by atoms with Gasteiger partial charge in [0, 0.05) is 5.02 Å². The summed E-state index contributed by atoms with van der Waals surface area (Å²) in [6.07, 6.45) is 8.37. The van der Waals surface area contributed by atoms with E-state index in [1.54, 1.807) is 0 Å². The molecular formula is C12H11ClO. The third kappa shape index (κ3) is 2.39. The van der Waals surface area contributed by atoms with Crippen LogP contribution in [0.1, 0.15) is 12.8 Å². The quantitative estimate of drug-likeness (QED) is 0.712. The standard InChI is InChI=1S/C12H11ClO/c13-10-6-8-12(9-7-10)14-11-4-2-1-3-5-11/h2,4-9H,1,3H2. The molecule has 0 unspecified atom stereocenters. The van der Waals surface area contributed by atoms with Crippen LogP contribution in [0.2, 0.25) is 5.02 Å². The third-order valence-corrected chi connectivity index (χ3v) is 2.26. The van der Waals surface area contributed by atoms with Crippen LogP contribution >= 0.6 is 11.6 Å². The number of benzene rings is 1. The molecule has 0 N–H and O–H groups in total. The summed E-state index contributed by atoms with van der Waals surface area (Å²) in [7, 11) is 0. The topological polar surface area (TPSA) is 9.23 Å². The molecule has 72 valence electrons. The highest BCUT2D eigenvalue weighted by molar-refractivity contribution is 6.30. The second kappa shape index (κ2) is 4.34. The molecule has 0 saturated carbocycles. The zero-order valence-corrected chi connectivity index (χ0v) is 8.50. The first-order chi connectivity index (χ1) is 6.84. The number of rotatable bonds is 2. The number of ether oxygens (including phenoxy) is 1. The van der Waals surface area contributed by atoms with Crippen LogP contribution in [0.5, 0.6) is 5.75 Å². The van der Waals surface area contributed by atoms with Gasteiger partial charge in [0.25, 0.3) is 0 Å². The Morgan fingerprint density at radius 3 is 2.50 bits per heavy atom. The lowest BCUT2D eigenvalue weighted by molar-refractivity contribution is 0.439. The van der Waals surface area contributed by atoms with Gasteiger partial charge in [0.15, 0.2) is 0 Å². The molecule has 0 heterocycles. The van der Waals surface area contributed by atoms with Gasteiger partial charge in [0.2, 0.25) is 0 Å². The minimum atomic E-state index is 0.727. The highest BCUT2D eigenvalue weighted by atomic mass is 35.5. The van der Waals surface area contributed by atoms with Crippen LogP contribution in [0.25, 0.3) is 0 Å². The van der Waals surface area contributed by atoms with Crippen molar-refractivity contribution in [3.05, 3.63) is 53.3 Å². The fourth-order valence-corrected chi connectivity index (χ4v) is 1.43. The molecule has 0 spiro atoms. The van der Waals surface area contributed by atoms with E-state index in [4.69, 9.17) is 16.3 Å². The van der Waals surface area contributed by atoms with Gasteiger partial charge in [-0.3, -0.25) is 0 Å². The summed E-state index contributed by atoms with van der Waals surface area (Å²) in [6, 6.07) is 7.38. The maximum Gasteiger partial charge on any atom is 0.127 e. The average molecular weight is 207 g/mol. The fourth-order valence-electron chi connectivity index (χ4n) is 1.30. The Bertz CT molecular complexity index is 362. The largest absolute Gasteiger partial charge is 0.458 e. The molecule has 1 aromatic carbocycles. The Morgan fingerprint density at radius 2 is 1.86 bits per heavy atom. The second-order valence-corrected chi connectivity index (χ2v) is 3.58. The first-order valence-electron chi connectivity index (χ1n) is 4.65. The normalized spacial score (nSPS) is 15.1. The van der Waals surface area contributed by atoms with Crippen molar-refractivity contribution >= 4 is 11.6 Å². The van der Waals surface area contributed by atoms with Gasteiger partial charge in [-0.15, -0.1) is 0 Å². The first-order valence-corrected chi connectivity index (χ1v) is 5.02. The van der Waals surface area contributed by atoms with Gasteiger partial charge in [-0.1, -0.05) is 17.7 Å². The van der Waals surface area contributed by atoms with Gasteiger partial charge >= 0.3 is 0 Å². The molecule has 1 aliphatic carbocycles. The van der Waals surface area contributed by atoms with Gasteiger partial charge in [0.05, 0.1) is 0 Å². The van der Waals surface area contributed by atoms with E-state index in [9.17, 15) is 0 Å². The summed E-state index contributed by atoms with van der Waals surface area (Å²) in [5.74, 6) is 1.74. The van der Waals surface area contributed by atoms with Crippen LogP contribution in [-0.2, 0) is 0 Å². The average Bonchev–Trinajstić information content (AvgIpc) is 2.23. The molecule has 0 aromatic heterocycles. The van der Waals surface area contributed by atoms with Crippen molar-refractivity contribution in [1.29, 1.82) is 0 Å². The van der Waals surface area contributed by atoms with Crippen molar-refractivity contribution in [3.63, 3.8) is 0 Å². The SMILES string of the molecule is Clc1ccc(OC2=CCCC=C2)cc1. The highest BCUT2D eigenvalue weighted by Gasteiger charge is 1.99. The molecule has 1 nitrogen and oxygen atoms in total. The molecule has 0 saturated heterocycles. The molecule has 0 amide bonds. The Morgan fingerprint density at radius 1 is 1.07 bits per heavy atom. The van der Waals surface area contributed by atoms with Crippen molar-refractivity contribution < 1.29 is 4.74 Å². The van der Waals surface area contributed by atoms with E-state index >= 15 is 0 Å². The van der Waals surface area contributed by atoms with Crippen LogP contribution < -0.4 is 4.74 Å². The summed E-state index contributed by atoms with van der Waals surface area (Å²) < 4.78 is 5.63. The van der Waals surface area contributed by atoms with E-state index in [-0.39, 0.29) is 0 Å². The predicted molar refractivity (Wildman–Crippen MR) is 58.5 cm³/mol. The Hall–Kier alpha value is -1.21. The molecule has 1 aliphatic rings. The number of allylic oxidation sites excluding steroid dienone is 3. The van der Waals surface area contributed by atoms with Gasteiger partial charge in [0.1, 0.15) is 11.5 Å². The van der Waals surface area contributed by atoms with Gasteiger partial charge in [-0.2, -0.15) is 0 Å². The molecule has 14 heavy (non-hydrogen) atoms. The van der Waals surface area contributed by atoms with Gasteiger partial charge < -0.3 is 4.74 Å². The van der Waals surface area contributed by atoms with Crippen molar-refractivity contribution in [3.8, 4) is 5.75 Å². The summed E-state index contributed by atoms with van der Waals surface area (Å²) in [5, 5.41) is 0.727. The van der Waals surface area contributed by atoms with E-state index in [2.05, 4.69) is 12.2 Å². The van der Waals surface area contributed by atoms with E-state index in [0.29, 0.717) is 0 Å². The van der Waals surface area contributed by atoms with Crippen molar-refractivity contribution in [2.45, 2.75) is 12.8 Å². The molecule has 0 bridgehead atoms. The smallest absolute Gasteiger partial charge is 0.127 e. The van der Waals surface area contributed by atoms with E-state index in [0.717, 1.165) is 29.4 Å².